The Hall–Kier alpha value is -2.91. The molecule has 2 aromatic rings. The zero-order valence-corrected chi connectivity index (χ0v) is 22.2. The average Bonchev–Trinajstić information content (AvgIpc) is 3.10. The minimum atomic E-state index is -3.80. The average molecular weight is 516 g/mol. The molecule has 2 atom stereocenters. The first-order valence-corrected chi connectivity index (χ1v) is 13.4. The molecule has 2 aliphatic rings. The van der Waals surface area contributed by atoms with Gasteiger partial charge in [0.15, 0.2) is 6.61 Å². The number of carbonyl (C=O) groups is 2. The molecule has 0 aromatic heterocycles. The lowest BCUT2D eigenvalue weighted by Crippen LogP contribution is -2.37. The van der Waals surface area contributed by atoms with Crippen molar-refractivity contribution in [2.45, 2.75) is 51.0 Å². The smallest absolute Gasteiger partial charge is 0.338 e. The second-order valence-electron chi connectivity index (χ2n) is 10.9. The van der Waals surface area contributed by atoms with E-state index in [1.54, 1.807) is 16.4 Å². The minimum absolute atomic E-state index is 0.0479. The Bertz CT molecular complexity index is 1290. The van der Waals surface area contributed by atoms with Crippen LogP contribution in [0, 0.1) is 10.8 Å². The van der Waals surface area contributed by atoms with Crippen molar-refractivity contribution in [1.82, 2.24) is 4.31 Å². The van der Waals surface area contributed by atoms with Gasteiger partial charge < -0.3 is 14.2 Å². The Morgan fingerprint density at radius 2 is 1.78 bits per heavy atom. The number of rotatable bonds is 8. The highest BCUT2D eigenvalue weighted by molar-refractivity contribution is 7.89. The van der Waals surface area contributed by atoms with E-state index in [0.717, 1.165) is 19.3 Å². The quantitative estimate of drug-likeness (QED) is 0.381. The summed E-state index contributed by atoms with van der Waals surface area (Å²) in [5, 5.41) is 0. The van der Waals surface area contributed by atoms with E-state index in [4.69, 9.17) is 14.2 Å². The van der Waals surface area contributed by atoms with E-state index in [2.05, 4.69) is 20.8 Å². The lowest BCUT2D eigenvalue weighted by atomic mass is 9.65. The Morgan fingerprint density at radius 1 is 1.03 bits per heavy atom. The molecule has 0 spiro atoms. The molecule has 1 aliphatic heterocycles. The molecule has 2 aromatic carbocycles. The maximum Gasteiger partial charge on any atom is 0.338 e. The number of benzene rings is 2. The lowest BCUT2D eigenvalue weighted by molar-refractivity contribution is 0.0473. The molecular formula is C27H33NO7S. The second-order valence-corrected chi connectivity index (χ2v) is 12.7. The third-order valence-corrected chi connectivity index (χ3v) is 8.98. The van der Waals surface area contributed by atoms with E-state index in [-0.39, 0.29) is 32.9 Å². The summed E-state index contributed by atoms with van der Waals surface area (Å²) >= 11 is 0. The van der Waals surface area contributed by atoms with Crippen LogP contribution in [0.1, 0.15) is 60.7 Å². The van der Waals surface area contributed by atoms with Gasteiger partial charge in [0.05, 0.1) is 30.2 Å². The summed E-state index contributed by atoms with van der Waals surface area (Å²) in [7, 11) is -0.884. The summed E-state index contributed by atoms with van der Waals surface area (Å²) in [4.78, 5) is 25.5. The van der Waals surface area contributed by atoms with Crippen LogP contribution in [0.25, 0.3) is 0 Å². The zero-order valence-electron chi connectivity index (χ0n) is 21.4. The van der Waals surface area contributed by atoms with E-state index < -0.39 is 28.4 Å². The van der Waals surface area contributed by atoms with Crippen LogP contribution in [-0.4, -0.2) is 57.9 Å². The third kappa shape index (κ3) is 5.13. The number of methoxy groups -OCH3 is 2. The van der Waals surface area contributed by atoms with E-state index >= 15 is 0 Å². The number of esters is 1. The molecular weight excluding hydrogens is 482 g/mol. The van der Waals surface area contributed by atoms with Gasteiger partial charge in [-0.15, -0.1) is 0 Å². The van der Waals surface area contributed by atoms with Crippen molar-refractivity contribution in [1.29, 1.82) is 0 Å². The molecule has 0 unspecified atom stereocenters. The molecule has 2 bridgehead atoms. The number of sulfonamides is 1. The van der Waals surface area contributed by atoms with Gasteiger partial charge in [0.25, 0.3) is 0 Å². The number of nitrogens with zero attached hydrogens (tertiary/aromatic N) is 1. The van der Waals surface area contributed by atoms with E-state index in [1.807, 2.05) is 0 Å². The number of Topliss-reactive ketones (excluding diaryl/α,β-unsaturated/α-hetero) is 1. The predicted molar refractivity (Wildman–Crippen MR) is 134 cm³/mol. The molecule has 36 heavy (non-hydrogen) atoms. The van der Waals surface area contributed by atoms with Crippen LogP contribution in [0.4, 0.5) is 0 Å². The summed E-state index contributed by atoms with van der Waals surface area (Å²) < 4.78 is 44.4. The van der Waals surface area contributed by atoms with Gasteiger partial charge in [0.1, 0.15) is 11.5 Å². The van der Waals surface area contributed by atoms with Gasteiger partial charge in [0.2, 0.25) is 15.8 Å². The molecule has 8 nitrogen and oxygen atoms in total. The predicted octanol–water partition coefficient (Wildman–Crippen LogP) is 4.33. The fourth-order valence-electron chi connectivity index (χ4n) is 5.93. The molecule has 1 saturated heterocycles. The van der Waals surface area contributed by atoms with Crippen molar-refractivity contribution in [3.8, 4) is 11.5 Å². The van der Waals surface area contributed by atoms with Crippen molar-refractivity contribution < 1.29 is 32.2 Å². The topological polar surface area (TPSA) is 99.2 Å². The summed E-state index contributed by atoms with van der Waals surface area (Å²) in [6.07, 6.45) is 2.62. The Balaban J connectivity index is 1.49. The summed E-state index contributed by atoms with van der Waals surface area (Å²) in [5.41, 5.74) is 0.302. The van der Waals surface area contributed by atoms with Crippen molar-refractivity contribution >= 4 is 21.8 Å². The number of ether oxygens (including phenoxy) is 3. The van der Waals surface area contributed by atoms with Gasteiger partial charge in [-0.3, -0.25) is 4.79 Å². The van der Waals surface area contributed by atoms with Crippen molar-refractivity contribution in [3.05, 3.63) is 53.6 Å². The van der Waals surface area contributed by atoms with Crippen LogP contribution in [0.2, 0.25) is 0 Å². The minimum Gasteiger partial charge on any atom is -0.497 e. The van der Waals surface area contributed by atoms with Crippen LogP contribution in [0.15, 0.2) is 47.4 Å². The number of ketones is 1. The molecule has 1 aliphatic carbocycles. The second kappa shape index (κ2) is 9.52. The summed E-state index contributed by atoms with van der Waals surface area (Å²) in [6, 6.07) is 10.5. The highest BCUT2D eigenvalue weighted by Gasteiger charge is 2.53. The summed E-state index contributed by atoms with van der Waals surface area (Å²) in [6.45, 7) is 6.47. The highest BCUT2D eigenvalue weighted by atomic mass is 32.2. The van der Waals surface area contributed by atoms with Gasteiger partial charge in [-0.2, -0.15) is 4.31 Å². The first kappa shape index (κ1) is 26.2. The van der Waals surface area contributed by atoms with Crippen LogP contribution in [0.5, 0.6) is 11.5 Å². The van der Waals surface area contributed by atoms with Gasteiger partial charge in [0, 0.05) is 12.6 Å². The maximum atomic E-state index is 13.6. The molecule has 0 amide bonds. The van der Waals surface area contributed by atoms with Crippen molar-refractivity contribution in [2.24, 2.45) is 10.8 Å². The molecule has 194 valence electrons. The molecule has 1 saturated carbocycles. The van der Waals surface area contributed by atoms with Gasteiger partial charge in [-0.25, -0.2) is 13.2 Å². The highest BCUT2D eigenvalue weighted by Crippen LogP contribution is 2.53. The first-order chi connectivity index (χ1) is 16.9. The van der Waals surface area contributed by atoms with E-state index in [1.165, 1.54) is 44.6 Å². The van der Waals surface area contributed by atoms with E-state index in [9.17, 15) is 18.0 Å². The van der Waals surface area contributed by atoms with Crippen LogP contribution in [0.3, 0.4) is 0 Å². The monoisotopic (exact) mass is 515 g/mol. The standard InChI is InChI=1S/C27H33NO7S/c1-26(2)13-19-14-27(3,16-26)17-28(19)36(31,32)21-8-6-7-18(11-21)25(30)35-15-23(29)22-12-20(33-4)9-10-24(22)34-5/h6-12,19H,13-17H2,1-5H3/t19-,27-/m0/s1. The van der Waals surface area contributed by atoms with Crippen molar-refractivity contribution in [2.75, 3.05) is 27.4 Å². The third-order valence-electron chi connectivity index (χ3n) is 7.08. The Labute approximate surface area is 212 Å². The normalized spacial score (nSPS) is 23.2. The van der Waals surface area contributed by atoms with E-state index in [0.29, 0.717) is 18.0 Å². The Kier molecular flexibility index (Phi) is 6.92. The SMILES string of the molecule is COc1ccc(OC)c(C(=O)COC(=O)c2cccc(S(=O)(=O)N3C[C@@]4(C)C[C@@H]3CC(C)(C)C4)c2)c1. The molecule has 4 rings (SSSR count). The molecule has 0 radical (unpaired) electrons. The van der Waals surface area contributed by atoms with Gasteiger partial charge in [-0.1, -0.05) is 26.8 Å². The number of hydrogen-bond acceptors (Lipinski definition) is 7. The van der Waals surface area contributed by atoms with Crippen LogP contribution >= 0.6 is 0 Å². The fourth-order valence-corrected chi connectivity index (χ4v) is 7.75. The zero-order chi connectivity index (χ0) is 26.3. The van der Waals surface area contributed by atoms with Crippen LogP contribution < -0.4 is 9.47 Å². The molecule has 1 heterocycles. The largest absolute Gasteiger partial charge is 0.497 e. The Morgan fingerprint density at radius 3 is 2.47 bits per heavy atom. The number of fused-ring (bicyclic) bond motifs is 2. The first-order valence-electron chi connectivity index (χ1n) is 11.9. The summed E-state index contributed by atoms with van der Waals surface area (Å²) in [5.74, 6) is -0.455. The van der Waals surface area contributed by atoms with Gasteiger partial charge in [-0.05, 0) is 66.5 Å². The maximum absolute atomic E-state index is 13.6. The molecule has 2 fully saturated rings. The molecule has 0 N–H and O–H groups in total. The van der Waals surface area contributed by atoms with Crippen molar-refractivity contribution in [3.63, 3.8) is 0 Å². The number of hydrogen-bond donors (Lipinski definition) is 0. The van der Waals surface area contributed by atoms with Gasteiger partial charge >= 0.3 is 5.97 Å². The molecule has 9 heteroatoms. The fraction of sp³-hybridized carbons (Fsp3) is 0.481. The van der Waals surface area contributed by atoms with Crippen LogP contribution in [-0.2, 0) is 14.8 Å². The number of carbonyl (C=O) groups excluding carboxylic acids is 2. The lowest BCUT2D eigenvalue weighted by Gasteiger charge is -2.39.